The highest BCUT2D eigenvalue weighted by atomic mass is 19.1. The smallest absolute Gasteiger partial charge is 0.254 e. The number of amides is 2. The van der Waals surface area contributed by atoms with Gasteiger partial charge in [0, 0.05) is 43.9 Å². The third kappa shape index (κ3) is 3.71. The molecule has 0 saturated carbocycles. The van der Waals surface area contributed by atoms with Crippen molar-refractivity contribution in [2.45, 2.75) is 32.3 Å². The van der Waals surface area contributed by atoms with Crippen LogP contribution in [0.25, 0.3) is 10.9 Å². The van der Waals surface area contributed by atoms with Gasteiger partial charge in [-0.15, -0.1) is 0 Å². The first kappa shape index (κ1) is 18.8. The average Bonchev–Trinajstić information content (AvgIpc) is 3.11. The Kier molecular flexibility index (Phi) is 5.26. The second kappa shape index (κ2) is 7.83. The summed E-state index contributed by atoms with van der Waals surface area (Å²) in [5.74, 6) is -0.511. The van der Waals surface area contributed by atoms with E-state index in [-0.39, 0.29) is 17.9 Å². The Labute approximate surface area is 163 Å². The van der Waals surface area contributed by atoms with Gasteiger partial charge in [0.05, 0.1) is 11.1 Å². The molecule has 2 aliphatic rings. The van der Waals surface area contributed by atoms with Crippen molar-refractivity contribution in [2.75, 3.05) is 32.8 Å². The molecule has 6 nitrogen and oxygen atoms in total. The molecular formula is C21H24FN3O3. The van der Waals surface area contributed by atoms with Crippen LogP contribution < -0.4 is 0 Å². The van der Waals surface area contributed by atoms with Crippen LogP contribution in [0.1, 0.15) is 35.3 Å². The Balaban J connectivity index is 1.53. The van der Waals surface area contributed by atoms with Gasteiger partial charge in [-0.2, -0.15) is 0 Å². The number of aromatic nitrogens is 1. The van der Waals surface area contributed by atoms with Crippen LogP contribution in [0.3, 0.4) is 0 Å². The molecule has 1 aromatic heterocycles. The molecule has 2 aromatic rings. The number of halogens is 1. The zero-order chi connectivity index (χ0) is 19.7. The first-order valence-electron chi connectivity index (χ1n) is 9.79. The van der Waals surface area contributed by atoms with Crippen molar-refractivity contribution < 1.29 is 18.7 Å². The van der Waals surface area contributed by atoms with Gasteiger partial charge in [0.1, 0.15) is 11.9 Å². The molecule has 2 fully saturated rings. The van der Waals surface area contributed by atoms with E-state index in [2.05, 4.69) is 4.98 Å². The van der Waals surface area contributed by atoms with Gasteiger partial charge in [-0.25, -0.2) is 4.39 Å². The van der Waals surface area contributed by atoms with Crippen LogP contribution in [0.4, 0.5) is 4.39 Å². The van der Waals surface area contributed by atoms with E-state index in [0.29, 0.717) is 61.4 Å². The van der Waals surface area contributed by atoms with Crippen molar-refractivity contribution in [2.24, 2.45) is 0 Å². The van der Waals surface area contributed by atoms with Crippen molar-refractivity contribution in [3.8, 4) is 0 Å². The van der Waals surface area contributed by atoms with Gasteiger partial charge in [0.15, 0.2) is 0 Å². The topological polar surface area (TPSA) is 62.7 Å². The Hall–Kier alpha value is -2.54. The van der Waals surface area contributed by atoms with E-state index in [1.807, 2.05) is 6.92 Å². The van der Waals surface area contributed by atoms with E-state index in [0.717, 1.165) is 12.8 Å². The van der Waals surface area contributed by atoms with Crippen molar-refractivity contribution in [3.05, 3.63) is 41.3 Å². The maximum absolute atomic E-state index is 13.8. The van der Waals surface area contributed by atoms with E-state index >= 15 is 0 Å². The van der Waals surface area contributed by atoms with E-state index < -0.39 is 5.82 Å². The average molecular weight is 385 g/mol. The van der Waals surface area contributed by atoms with E-state index in [1.165, 1.54) is 12.1 Å². The summed E-state index contributed by atoms with van der Waals surface area (Å²) in [6, 6.07) is 6.02. The fourth-order valence-corrected chi connectivity index (χ4v) is 3.99. The number of carbonyl (C=O) groups excluding carboxylic acids is 2. The number of ether oxygens (including phenoxy) is 1. The standard InChI is InChI=1S/C21H24FN3O3/c1-14-12-17(16-13-15(22)5-6-18(16)23-14)20(26)24-7-3-8-25(10-9-24)21(27)19-4-2-11-28-19/h5-6,12-13,19H,2-4,7-11H2,1H3/t19-/m1/s1. The number of hydrogen-bond acceptors (Lipinski definition) is 4. The van der Waals surface area contributed by atoms with E-state index in [9.17, 15) is 14.0 Å². The molecule has 0 bridgehead atoms. The summed E-state index contributed by atoms with van der Waals surface area (Å²) in [5.41, 5.74) is 1.78. The molecule has 0 radical (unpaired) electrons. The third-order valence-corrected chi connectivity index (χ3v) is 5.43. The monoisotopic (exact) mass is 385 g/mol. The summed E-state index contributed by atoms with van der Waals surface area (Å²) >= 11 is 0. The third-order valence-electron chi connectivity index (χ3n) is 5.43. The predicted octanol–water partition coefficient (Wildman–Crippen LogP) is 2.54. The lowest BCUT2D eigenvalue weighted by Gasteiger charge is -2.24. The van der Waals surface area contributed by atoms with Gasteiger partial charge < -0.3 is 14.5 Å². The van der Waals surface area contributed by atoms with Crippen molar-refractivity contribution >= 4 is 22.7 Å². The highest BCUT2D eigenvalue weighted by Crippen LogP contribution is 2.22. The summed E-state index contributed by atoms with van der Waals surface area (Å²) < 4.78 is 19.3. The molecule has 2 amide bonds. The zero-order valence-corrected chi connectivity index (χ0v) is 16.0. The zero-order valence-electron chi connectivity index (χ0n) is 16.0. The number of pyridine rings is 1. The Bertz CT molecular complexity index is 911. The van der Waals surface area contributed by atoms with Gasteiger partial charge in [-0.1, -0.05) is 0 Å². The van der Waals surface area contributed by atoms with Crippen LogP contribution in [0, 0.1) is 12.7 Å². The highest BCUT2D eigenvalue weighted by Gasteiger charge is 2.30. The first-order valence-corrected chi connectivity index (χ1v) is 9.79. The van der Waals surface area contributed by atoms with Crippen molar-refractivity contribution in [3.63, 3.8) is 0 Å². The number of hydrogen-bond donors (Lipinski definition) is 0. The molecule has 148 valence electrons. The van der Waals surface area contributed by atoms with Gasteiger partial charge in [-0.05, 0) is 50.5 Å². The van der Waals surface area contributed by atoms with Gasteiger partial charge >= 0.3 is 0 Å². The number of nitrogens with zero attached hydrogens (tertiary/aromatic N) is 3. The fourth-order valence-electron chi connectivity index (χ4n) is 3.99. The van der Waals surface area contributed by atoms with E-state index in [1.54, 1.807) is 21.9 Å². The van der Waals surface area contributed by atoms with Crippen molar-refractivity contribution in [1.29, 1.82) is 0 Å². The molecule has 0 N–H and O–H groups in total. The summed E-state index contributed by atoms with van der Waals surface area (Å²) in [7, 11) is 0. The minimum atomic E-state index is -0.392. The number of benzene rings is 1. The Morgan fingerprint density at radius 3 is 2.68 bits per heavy atom. The van der Waals surface area contributed by atoms with Crippen LogP contribution in [-0.4, -0.2) is 65.5 Å². The van der Waals surface area contributed by atoms with Crippen LogP contribution in [0.2, 0.25) is 0 Å². The molecule has 2 aliphatic heterocycles. The quantitative estimate of drug-likeness (QED) is 0.797. The lowest BCUT2D eigenvalue weighted by molar-refractivity contribution is -0.140. The first-order chi connectivity index (χ1) is 13.5. The molecule has 1 atom stereocenters. The normalized spacial score (nSPS) is 20.4. The molecule has 7 heteroatoms. The Morgan fingerprint density at radius 2 is 1.89 bits per heavy atom. The largest absolute Gasteiger partial charge is 0.368 e. The van der Waals surface area contributed by atoms with E-state index in [4.69, 9.17) is 4.74 Å². The molecule has 3 heterocycles. The fraction of sp³-hybridized carbons (Fsp3) is 0.476. The molecule has 4 rings (SSSR count). The summed E-state index contributed by atoms with van der Waals surface area (Å²) in [6.07, 6.45) is 2.06. The minimum absolute atomic E-state index is 0.0269. The SMILES string of the molecule is Cc1cc(C(=O)N2CCCN(C(=O)[C@H]3CCCO3)CC2)c2cc(F)ccc2n1. The maximum Gasteiger partial charge on any atom is 0.254 e. The second-order valence-corrected chi connectivity index (χ2v) is 7.45. The molecule has 1 aromatic carbocycles. The maximum atomic E-state index is 13.8. The van der Waals surface area contributed by atoms with Crippen LogP contribution in [-0.2, 0) is 9.53 Å². The lowest BCUT2D eigenvalue weighted by atomic mass is 10.1. The predicted molar refractivity (Wildman–Crippen MR) is 103 cm³/mol. The lowest BCUT2D eigenvalue weighted by Crippen LogP contribution is -2.41. The van der Waals surface area contributed by atoms with Crippen LogP contribution in [0.5, 0.6) is 0 Å². The molecular weight excluding hydrogens is 361 g/mol. The summed E-state index contributed by atoms with van der Waals surface area (Å²) in [5, 5.41) is 0.520. The highest BCUT2D eigenvalue weighted by molar-refractivity contribution is 6.06. The molecule has 28 heavy (non-hydrogen) atoms. The number of aryl methyl sites for hydroxylation is 1. The number of rotatable bonds is 2. The second-order valence-electron chi connectivity index (χ2n) is 7.45. The van der Waals surface area contributed by atoms with Gasteiger partial charge in [0.2, 0.25) is 0 Å². The summed E-state index contributed by atoms with van der Waals surface area (Å²) in [4.78, 5) is 33.8. The van der Waals surface area contributed by atoms with Gasteiger partial charge in [-0.3, -0.25) is 14.6 Å². The van der Waals surface area contributed by atoms with Gasteiger partial charge in [0.25, 0.3) is 11.8 Å². The minimum Gasteiger partial charge on any atom is -0.368 e. The molecule has 0 aliphatic carbocycles. The van der Waals surface area contributed by atoms with Crippen LogP contribution in [0.15, 0.2) is 24.3 Å². The Morgan fingerprint density at radius 1 is 1.11 bits per heavy atom. The summed E-state index contributed by atoms with van der Waals surface area (Å²) in [6.45, 7) is 4.58. The number of carbonyl (C=O) groups is 2. The molecule has 0 unspecified atom stereocenters. The number of fused-ring (bicyclic) bond motifs is 1. The molecule has 2 saturated heterocycles. The van der Waals surface area contributed by atoms with Crippen molar-refractivity contribution in [1.82, 2.24) is 14.8 Å². The molecule has 0 spiro atoms. The van der Waals surface area contributed by atoms with Crippen LogP contribution >= 0.6 is 0 Å².